The zero-order valence-electron chi connectivity index (χ0n) is 13.7. The number of ether oxygens (including phenoxy) is 2. The molecule has 0 saturated carbocycles. The number of hydrogen-bond acceptors (Lipinski definition) is 6. The predicted molar refractivity (Wildman–Crippen MR) is 94.9 cm³/mol. The van der Waals surface area contributed by atoms with Crippen LogP contribution in [0, 0.1) is 5.92 Å². The summed E-state index contributed by atoms with van der Waals surface area (Å²) in [5.41, 5.74) is 3.75. The summed E-state index contributed by atoms with van der Waals surface area (Å²) in [6.07, 6.45) is 0.646. The van der Waals surface area contributed by atoms with Crippen molar-refractivity contribution in [3.63, 3.8) is 0 Å². The van der Waals surface area contributed by atoms with Gasteiger partial charge in [0.15, 0.2) is 11.5 Å². The number of benzene rings is 2. The number of nitrogens with one attached hydrogen (secondary N) is 1. The van der Waals surface area contributed by atoms with Gasteiger partial charge in [-0.3, -0.25) is 4.79 Å². The van der Waals surface area contributed by atoms with Crippen molar-refractivity contribution in [1.29, 1.82) is 0 Å². The molecular formula is C18H17N3O3S. The largest absolute Gasteiger partial charge is 0.493 e. The lowest BCUT2D eigenvalue weighted by atomic mass is 9.95. The zero-order valence-corrected chi connectivity index (χ0v) is 14.5. The SMILES string of the molecule is COc1cccc2c1OCC(C(=O)NCc1ccc3nsnc3c1)C2. The van der Waals surface area contributed by atoms with Gasteiger partial charge in [0.25, 0.3) is 0 Å². The summed E-state index contributed by atoms with van der Waals surface area (Å²) in [5, 5.41) is 2.99. The summed E-state index contributed by atoms with van der Waals surface area (Å²) in [5.74, 6) is 1.24. The van der Waals surface area contributed by atoms with Gasteiger partial charge in [-0.15, -0.1) is 0 Å². The molecule has 0 saturated heterocycles. The summed E-state index contributed by atoms with van der Waals surface area (Å²) in [7, 11) is 1.62. The molecule has 1 amide bonds. The van der Waals surface area contributed by atoms with Gasteiger partial charge in [0.2, 0.25) is 5.91 Å². The number of methoxy groups -OCH3 is 1. The van der Waals surface area contributed by atoms with Crippen molar-refractivity contribution in [1.82, 2.24) is 14.1 Å². The molecule has 0 bridgehead atoms. The maximum Gasteiger partial charge on any atom is 0.227 e. The van der Waals surface area contributed by atoms with Gasteiger partial charge in [-0.05, 0) is 35.7 Å². The van der Waals surface area contributed by atoms with E-state index in [1.54, 1.807) is 7.11 Å². The molecule has 1 N–H and O–H groups in total. The van der Waals surface area contributed by atoms with E-state index in [0.717, 1.165) is 27.9 Å². The average molecular weight is 355 g/mol. The van der Waals surface area contributed by atoms with Gasteiger partial charge in [-0.25, -0.2) is 0 Å². The molecule has 4 rings (SSSR count). The second kappa shape index (κ2) is 6.68. The molecule has 1 aromatic heterocycles. The fourth-order valence-electron chi connectivity index (χ4n) is 2.99. The lowest BCUT2D eigenvalue weighted by Crippen LogP contribution is -2.37. The van der Waals surface area contributed by atoms with Crippen molar-refractivity contribution in [3.8, 4) is 11.5 Å². The molecule has 6 nitrogen and oxygen atoms in total. The zero-order chi connectivity index (χ0) is 17.2. The van der Waals surface area contributed by atoms with Crippen molar-refractivity contribution in [2.24, 2.45) is 5.92 Å². The van der Waals surface area contributed by atoms with E-state index in [2.05, 4.69) is 14.1 Å². The second-order valence-corrected chi connectivity index (χ2v) is 6.49. The summed E-state index contributed by atoms with van der Waals surface area (Å²) in [4.78, 5) is 12.5. The first-order valence-corrected chi connectivity index (χ1v) is 8.75. The third kappa shape index (κ3) is 3.15. The first kappa shape index (κ1) is 15.8. The van der Waals surface area contributed by atoms with E-state index >= 15 is 0 Å². The lowest BCUT2D eigenvalue weighted by Gasteiger charge is -2.25. The van der Waals surface area contributed by atoms with Crippen LogP contribution in [0.4, 0.5) is 0 Å². The third-order valence-electron chi connectivity index (χ3n) is 4.33. The molecular weight excluding hydrogens is 338 g/mol. The number of amides is 1. The molecule has 0 aliphatic carbocycles. The molecule has 1 atom stereocenters. The first-order valence-electron chi connectivity index (χ1n) is 8.02. The molecule has 7 heteroatoms. The highest BCUT2D eigenvalue weighted by Crippen LogP contribution is 2.36. The van der Waals surface area contributed by atoms with E-state index in [0.29, 0.717) is 25.3 Å². The van der Waals surface area contributed by atoms with E-state index in [1.165, 1.54) is 11.7 Å². The number of aromatic nitrogens is 2. The van der Waals surface area contributed by atoms with E-state index in [1.807, 2.05) is 36.4 Å². The molecule has 2 aromatic carbocycles. The van der Waals surface area contributed by atoms with Crippen molar-refractivity contribution >= 4 is 28.7 Å². The Morgan fingerprint density at radius 1 is 1.32 bits per heavy atom. The van der Waals surface area contributed by atoms with Gasteiger partial charge in [-0.1, -0.05) is 18.2 Å². The Balaban J connectivity index is 1.41. The molecule has 25 heavy (non-hydrogen) atoms. The predicted octanol–water partition coefficient (Wildman–Crippen LogP) is 2.57. The highest BCUT2D eigenvalue weighted by molar-refractivity contribution is 7.00. The van der Waals surface area contributed by atoms with E-state index < -0.39 is 0 Å². The molecule has 0 radical (unpaired) electrons. The normalized spacial score (nSPS) is 16.1. The van der Waals surface area contributed by atoms with Crippen LogP contribution in [0.15, 0.2) is 36.4 Å². The third-order valence-corrected chi connectivity index (χ3v) is 4.89. The van der Waals surface area contributed by atoms with Gasteiger partial charge in [-0.2, -0.15) is 8.75 Å². The Bertz CT molecular complexity index is 925. The Morgan fingerprint density at radius 2 is 2.20 bits per heavy atom. The number of para-hydroxylation sites is 1. The van der Waals surface area contributed by atoms with Crippen LogP contribution in [0.2, 0.25) is 0 Å². The number of carbonyl (C=O) groups is 1. The number of nitrogens with zero attached hydrogens (tertiary/aromatic N) is 2. The van der Waals surface area contributed by atoms with Crippen LogP contribution in [0.25, 0.3) is 11.0 Å². The maximum absolute atomic E-state index is 12.5. The fraction of sp³-hybridized carbons (Fsp3) is 0.278. The molecule has 3 aromatic rings. The lowest BCUT2D eigenvalue weighted by molar-refractivity contribution is -0.126. The van der Waals surface area contributed by atoms with Crippen molar-refractivity contribution in [3.05, 3.63) is 47.5 Å². The molecule has 2 heterocycles. The second-order valence-electron chi connectivity index (χ2n) is 5.97. The van der Waals surface area contributed by atoms with E-state index in [9.17, 15) is 4.79 Å². The highest BCUT2D eigenvalue weighted by Gasteiger charge is 2.27. The van der Waals surface area contributed by atoms with Crippen LogP contribution in [0.5, 0.6) is 11.5 Å². The van der Waals surface area contributed by atoms with Crippen LogP contribution >= 0.6 is 11.7 Å². The maximum atomic E-state index is 12.5. The minimum atomic E-state index is -0.204. The summed E-state index contributed by atoms with van der Waals surface area (Å²) >= 11 is 1.19. The Labute approximate surface area is 149 Å². The topological polar surface area (TPSA) is 73.3 Å². The summed E-state index contributed by atoms with van der Waals surface area (Å²) < 4.78 is 19.5. The minimum Gasteiger partial charge on any atom is -0.493 e. The number of hydrogen-bond donors (Lipinski definition) is 1. The van der Waals surface area contributed by atoms with Crippen LogP contribution in [-0.2, 0) is 17.8 Å². The van der Waals surface area contributed by atoms with Gasteiger partial charge in [0, 0.05) is 6.54 Å². The van der Waals surface area contributed by atoms with E-state index in [-0.39, 0.29) is 11.8 Å². The smallest absolute Gasteiger partial charge is 0.227 e. The van der Waals surface area contributed by atoms with Gasteiger partial charge in [0.1, 0.15) is 17.6 Å². The van der Waals surface area contributed by atoms with Crippen LogP contribution in [-0.4, -0.2) is 28.4 Å². The Hall–Kier alpha value is -2.67. The van der Waals surface area contributed by atoms with Crippen LogP contribution in [0.3, 0.4) is 0 Å². The van der Waals surface area contributed by atoms with Crippen LogP contribution < -0.4 is 14.8 Å². The first-order chi connectivity index (χ1) is 12.2. The quantitative estimate of drug-likeness (QED) is 0.779. The fourth-order valence-corrected chi connectivity index (χ4v) is 3.51. The van der Waals surface area contributed by atoms with Gasteiger partial charge < -0.3 is 14.8 Å². The molecule has 0 fully saturated rings. The number of rotatable bonds is 4. The summed E-state index contributed by atoms with van der Waals surface area (Å²) in [6, 6.07) is 11.6. The number of carbonyl (C=O) groups excluding carboxylic acids is 1. The molecule has 0 spiro atoms. The van der Waals surface area contributed by atoms with Gasteiger partial charge in [0.05, 0.1) is 24.8 Å². The van der Waals surface area contributed by atoms with E-state index in [4.69, 9.17) is 9.47 Å². The molecule has 128 valence electrons. The molecule has 1 aliphatic rings. The monoisotopic (exact) mass is 355 g/mol. The average Bonchev–Trinajstić information content (AvgIpc) is 3.12. The number of fused-ring (bicyclic) bond motifs is 2. The van der Waals surface area contributed by atoms with Crippen molar-refractivity contribution in [2.75, 3.05) is 13.7 Å². The standard InChI is InChI=1S/C18H17N3O3S/c1-23-16-4-2-3-12-8-13(10-24-17(12)16)18(22)19-9-11-5-6-14-15(7-11)21-25-20-14/h2-7,13H,8-10H2,1H3,(H,19,22). The van der Waals surface area contributed by atoms with Crippen LogP contribution in [0.1, 0.15) is 11.1 Å². The minimum absolute atomic E-state index is 0.00929. The van der Waals surface area contributed by atoms with Crippen molar-refractivity contribution in [2.45, 2.75) is 13.0 Å². The molecule has 1 aliphatic heterocycles. The van der Waals surface area contributed by atoms with Crippen molar-refractivity contribution < 1.29 is 14.3 Å². The molecule has 1 unspecified atom stereocenters. The van der Waals surface area contributed by atoms with Gasteiger partial charge >= 0.3 is 0 Å². The Morgan fingerprint density at radius 3 is 3.08 bits per heavy atom. The Kier molecular flexibility index (Phi) is 4.23. The highest BCUT2D eigenvalue weighted by atomic mass is 32.1. The summed E-state index contributed by atoms with van der Waals surface area (Å²) in [6.45, 7) is 0.821.